The van der Waals surface area contributed by atoms with Gasteiger partial charge in [0.25, 0.3) is 5.91 Å². The zero-order valence-electron chi connectivity index (χ0n) is 14.4. The first-order valence-electron chi connectivity index (χ1n) is 7.59. The van der Waals surface area contributed by atoms with Crippen LogP contribution in [0.1, 0.15) is 20.8 Å². The number of carbonyl (C=O) groups excluding carboxylic acids is 2. The fraction of sp³-hybridized carbons (Fsp3) is 0.353. The first-order chi connectivity index (χ1) is 11.7. The van der Waals surface area contributed by atoms with Crippen molar-refractivity contribution < 1.29 is 19.4 Å². The van der Waals surface area contributed by atoms with Crippen LogP contribution in [0.4, 0.5) is 10.5 Å². The first-order valence-corrected chi connectivity index (χ1v) is 7.59. The highest BCUT2D eigenvalue weighted by atomic mass is 16.6. The number of ether oxygens (including phenoxy) is 1. The Morgan fingerprint density at radius 1 is 1.40 bits per heavy atom. The number of amides is 2. The standard InChI is InChI=1S/C17H22N4O4/c1-17(2,3)25-16(24)21(9-8-18)11-12(10-19)15(23)20-13-6-4-5-7-14(13)22/h4-7,11,22H,8-9,18H2,1-3H3,(H,20,23)/b12-11-. The van der Waals surface area contributed by atoms with E-state index >= 15 is 0 Å². The molecule has 0 saturated carbocycles. The van der Waals surface area contributed by atoms with Crippen LogP contribution in [-0.2, 0) is 9.53 Å². The van der Waals surface area contributed by atoms with Crippen LogP contribution in [0.2, 0.25) is 0 Å². The number of phenolic OH excluding ortho intramolecular Hbond substituents is 1. The van der Waals surface area contributed by atoms with Gasteiger partial charge >= 0.3 is 6.09 Å². The van der Waals surface area contributed by atoms with Crippen LogP contribution < -0.4 is 11.1 Å². The topological polar surface area (TPSA) is 129 Å². The molecule has 1 aromatic carbocycles. The van der Waals surface area contributed by atoms with Gasteiger partial charge in [0, 0.05) is 19.3 Å². The lowest BCUT2D eigenvalue weighted by Crippen LogP contribution is -2.37. The summed E-state index contributed by atoms with van der Waals surface area (Å²) in [5, 5.41) is 21.3. The number of anilines is 1. The molecule has 0 aliphatic heterocycles. The first kappa shape index (κ1) is 20.0. The van der Waals surface area contributed by atoms with Gasteiger partial charge in [-0.05, 0) is 32.9 Å². The number of aromatic hydroxyl groups is 1. The number of nitrogens with zero attached hydrogens (tertiary/aromatic N) is 2. The molecule has 0 saturated heterocycles. The normalized spacial score (nSPS) is 11.4. The average Bonchev–Trinajstić information content (AvgIpc) is 2.51. The van der Waals surface area contributed by atoms with E-state index in [-0.39, 0.29) is 30.1 Å². The van der Waals surface area contributed by atoms with E-state index in [1.54, 1.807) is 39.0 Å². The van der Waals surface area contributed by atoms with Crippen molar-refractivity contribution in [2.45, 2.75) is 26.4 Å². The second kappa shape index (κ2) is 8.70. The Hall–Kier alpha value is -3.05. The summed E-state index contributed by atoms with van der Waals surface area (Å²) in [4.78, 5) is 25.4. The highest BCUT2D eigenvalue weighted by Gasteiger charge is 2.22. The minimum absolute atomic E-state index is 0.0734. The lowest BCUT2D eigenvalue weighted by molar-refractivity contribution is -0.112. The second-order valence-electron chi connectivity index (χ2n) is 6.09. The quantitative estimate of drug-likeness (QED) is 0.424. The van der Waals surface area contributed by atoms with E-state index in [9.17, 15) is 20.0 Å². The molecule has 2 amide bonds. The number of phenols is 1. The van der Waals surface area contributed by atoms with Crippen molar-refractivity contribution in [2.24, 2.45) is 5.73 Å². The highest BCUT2D eigenvalue weighted by Crippen LogP contribution is 2.22. The van der Waals surface area contributed by atoms with Crippen LogP contribution in [0.3, 0.4) is 0 Å². The number of carbonyl (C=O) groups is 2. The van der Waals surface area contributed by atoms with Gasteiger partial charge in [0.1, 0.15) is 23.0 Å². The lowest BCUT2D eigenvalue weighted by Gasteiger charge is -2.25. The summed E-state index contributed by atoms with van der Waals surface area (Å²) in [7, 11) is 0. The maximum atomic E-state index is 12.2. The highest BCUT2D eigenvalue weighted by molar-refractivity contribution is 6.07. The third-order valence-corrected chi connectivity index (χ3v) is 2.80. The Labute approximate surface area is 146 Å². The van der Waals surface area contributed by atoms with Gasteiger partial charge in [0.2, 0.25) is 0 Å². The molecule has 0 aromatic heterocycles. The number of nitrogens with one attached hydrogen (secondary N) is 1. The Bertz CT molecular complexity index is 701. The van der Waals surface area contributed by atoms with Crippen LogP contribution in [0.5, 0.6) is 5.75 Å². The van der Waals surface area contributed by atoms with Gasteiger partial charge in [0.15, 0.2) is 0 Å². The van der Waals surface area contributed by atoms with Gasteiger partial charge in [-0.25, -0.2) is 4.79 Å². The molecule has 8 nitrogen and oxygen atoms in total. The maximum Gasteiger partial charge on any atom is 0.414 e. The molecule has 0 spiro atoms. The van der Waals surface area contributed by atoms with Crippen molar-refractivity contribution in [2.75, 3.05) is 18.4 Å². The Morgan fingerprint density at radius 2 is 2.04 bits per heavy atom. The zero-order chi connectivity index (χ0) is 19.0. The Morgan fingerprint density at radius 3 is 2.56 bits per heavy atom. The molecule has 1 rings (SSSR count). The minimum atomic E-state index is -0.769. The van der Waals surface area contributed by atoms with Crippen molar-refractivity contribution >= 4 is 17.7 Å². The summed E-state index contributed by atoms with van der Waals surface area (Å²) >= 11 is 0. The van der Waals surface area contributed by atoms with E-state index in [1.165, 1.54) is 12.1 Å². The molecule has 0 unspecified atom stereocenters. The summed E-state index contributed by atoms with van der Waals surface area (Å²) < 4.78 is 5.22. The van der Waals surface area contributed by atoms with Crippen LogP contribution in [0, 0.1) is 11.3 Å². The predicted molar refractivity (Wildman–Crippen MR) is 92.4 cm³/mol. The number of nitrogens with two attached hydrogens (primary N) is 1. The summed E-state index contributed by atoms with van der Waals surface area (Å²) in [5.74, 6) is -0.909. The number of rotatable bonds is 5. The average molecular weight is 346 g/mol. The van der Waals surface area contributed by atoms with E-state index in [0.29, 0.717) is 0 Å². The molecular weight excluding hydrogens is 324 g/mol. The van der Waals surface area contributed by atoms with Crippen LogP contribution in [-0.4, -0.2) is 40.7 Å². The van der Waals surface area contributed by atoms with Gasteiger partial charge < -0.3 is 20.9 Å². The molecule has 25 heavy (non-hydrogen) atoms. The molecule has 0 aliphatic rings. The molecule has 0 bridgehead atoms. The molecule has 0 fully saturated rings. The molecule has 8 heteroatoms. The molecule has 0 aliphatic carbocycles. The van der Waals surface area contributed by atoms with E-state index < -0.39 is 17.6 Å². The van der Waals surface area contributed by atoms with Crippen LogP contribution >= 0.6 is 0 Å². The van der Waals surface area contributed by atoms with E-state index in [4.69, 9.17) is 10.5 Å². The molecular formula is C17H22N4O4. The molecule has 0 radical (unpaired) electrons. The number of para-hydroxylation sites is 2. The van der Waals surface area contributed by atoms with Crippen LogP contribution in [0.15, 0.2) is 36.0 Å². The summed E-state index contributed by atoms with van der Waals surface area (Å²) in [6, 6.07) is 7.81. The van der Waals surface area contributed by atoms with Crippen molar-refractivity contribution in [3.05, 3.63) is 36.0 Å². The van der Waals surface area contributed by atoms with E-state index in [2.05, 4.69) is 5.32 Å². The maximum absolute atomic E-state index is 12.2. The number of hydrogen-bond acceptors (Lipinski definition) is 6. The third-order valence-electron chi connectivity index (χ3n) is 2.80. The Balaban J connectivity index is 3.00. The van der Waals surface area contributed by atoms with Gasteiger partial charge in [-0.1, -0.05) is 12.1 Å². The Kier molecular flexibility index (Phi) is 6.96. The van der Waals surface area contributed by atoms with Gasteiger partial charge in [0.05, 0.1) is 5.69 Å². The van der Waals surface area contributed by atoms with E-state index in [1.807, 2.05) is 0 Å². The lowest BCUT2D eigenvalue weighted by atomic mass is 10.2. The minimum Gasteiger partial charge on any atom is -0.506 e. The molecule has 0 heterocycles. The molecule has 4 N–H and O–H groups in total. The summed E-state index contributed by atoms with van der Waals surface area (Å²) in [5.41, 5.74) is 4.56. The van der Waals surface area contributed by atoms with E-state index in [0.717, 1.165) is 11.1 Å². The van der Waals surface area contributed by atoms with Crippen LogP contribution in [0.25, 0.3) is 0 Å². The summed E-state index contributed by atoms with van der Waals surface area (Å²) in [6.07, 6.45) is 0.358. The molecule has 134 valence electrons. The number of nitriles is 1. The third kappa shape index (κ3) is 6.53. The van der Waals surface area contributed by atoms with Gasteiger partial charge in [-0.2, -0.15) is 5.26 Å². The fourth-order valence-electron chi connectivity index (χ4n) is 1.73. The second-order valence-corrected chi connectivity index (χ2v) is 6.09. The summed E-state index contributed by atoms with van der Waals surface area (Å²) in [6.45, 7) is 5.29. The largest absolute Gasteiger partial charge is 0.506 e. The van der Waals surface area contributed by atoms with Gasteiger partial charge in [-0.15, -0.1) is 0 Å². The molecule has 1 aromatic rings. The fourth-order valence-corrected chi connectivity index (χ4v) is 1.73. The number of benzene rings is 1. The van der Waals surface area contributed by atoms with Crippen molar-refractivity contribution in [1.29, 1.82) is 5.26 Å². The van der Waals surface area contributed by atoms with Crippen molar-refractivity contribution in [3.63, 3.8) is 0 Å². The van der Waals surface area contributed by atoms with Crippen molar-refractivity contribution in [1.82, 2.24) is 4.90 Å². The predicted octanol–water partition coefficient (Wildman–Crippen LogP) is 1.93. The smallest absolute Gasteiger partial charge is 0.414 e. The number of hydrogen-bond donors (Lipinski definition) is 3. The monoisotopic (exact) mass is 346 g/mol. The zero-order valence-corrected chi connectivity index (χ0v) is 14.4. The van der Waals surface area contributed by atoms with Gasteiger partial charge in [-0.3, -0.25) is 9.69 Å². The SMILES string of the molecule is CC(C)(C)OC(=O)N(/C=C(/C#N)C(=O)Nc1ccccc1O)CCN. The van der Waals surface area contributed by atoms with Crippen molar-refractivity contribution in [3.8, 4) is 11.8 Å². The molecule has 0 atom stereocenters.